The van der Waals surface area contributed by atoms with Crippen molar-refractivity contribution in [2.75, 3.05) is 11.9 Å². The average molecular weight is 343 g/mol. The predicted molar refractivity (Wildman–Crippen MR) is 89.5 cm³/mol. The van der Waals surface area contributed by atoms with Gasteiger partial charge in [-0.05, 0) is 31.9 Å². The minimum atomic E-state index is -0.346. The smallest absolute Gasteiger partial charge is 0.249 e. The van der Waals surface area contributed by atoms with Gasteiger partial charge < -0.3 is 9.32 Å². The van der Waals surface area contributed by atoms with Crippen LogP contribution in [0.4, 0.5) is 5.95 Å². The Bertz CT molecular complexity index is 790. The molecule has 0 bridgehead atoms. The molecule has 2 N–H and O–H groups in total. The van der Waals surface area contributed by atoms with Crippen LogP contribution in [0.3, 0.4) is 0 Å². The number of hydrogen-bond donors (Lipinski definition) is 2. The largest absolute Gasteiger partial charge is 0.458 e. The fourth-order valence-corrected chi connectivity index (χ4v) is 3.68. The van der Waals surface area contributed by atoms with Gasteiger partial charge in [0.15, 0.2) is 11.6 Å². The molecule has 1 saturated carbocycles. The van der Waals surface area contributed by atoms with E-state index in [9.17, 15) is 9.59 Å². The second-order valence-corrected chi connectivity index (χ2v) is 6.79. The molecule has 1 aliphatic heterocycles. The van der Waals surface area contributed by atoms with Crippen molar-refractivity contribution in [3.8, 4) is 11.6 Å². The number of carbonyl (C=O) groups is 2. The Balaban J connectivity index is 1.39. The summed E-state index contributed by atoms with van der Waals surface area (Å²) in [6, 6.07) is 3.93. The number of aromatic nitrogens is 3. The molecule has 0 unspecified atom stereocenters. The molecule has 8 heteroatoms. The van der Waals surface area contributed by atoms with Gasteiger partial charge in [-0.3, -0.25) is 20.0 Å². The maximum Gasteiger partial charge on any atom is 0.249 e. The van der Waals surface area contributed by atoms with Crippen molar-refractivity contribution < 1.29 is 14.0 Å². The molecule has 0 aromatic carbocycles. The van der Waals surface area contributed by atoms with Crippen LogP contribution in [0.5, 0.6) is 0 Å². The molecule has 8 nitrogen and oxygen atoms in total. The molecule has 0 radical (unpaired) electrons. The molecule has 2 amide bonds. The molecule has 2 aromatic heterocycles. The Morgan fingerprint density at radius 3 is 2.88 bits per heavy atom. The zero-order chi connectivity index (χ0) is 17.4. The number of aromatic amines is 1. The summed E-state index contributed by atoms with van der Waals surface area (Å²) in [5.41, 5.74) is 0. The van der Waals surface area contributed by atoms with Crippen LogP contribution in [0.2, 0.25) is 0 Å². The van der Waals surface area contributed by atoms with Crippen LogP contribution >= 0.6 is 0 Å². The molecule has 2 aliphatic rings. The highest BCUT2D eigenvalue weighted by molar-refractivity contribution is 5.96. The van der Waals surface area contributed by atoms with E-state index in [1.807, 2.05) is 17.9 Å². The monoisotopic (exact) mass is 343 g/mol. The Morgan fingerprint density at radius 2 is 2.16 bits per heavy atom. The molecular weight excluding hydrogens is 322 g/mol. The molecule has 2 aromatic rings. The van der Waals surface area contributed by atoms with Gasteiger partial charge in [0.05, 0.1) is 5.92 Å². The van der Waals surface area contributed by atoms with E-state index in [0.717, 1.165) is 31.4 Å². The second kappa shape index (κ2) is 6.34. The quantitative estimate of drug-likeness (QED) is 0.885. The Labute approximate surface area is 145 Å². The van der Waals surface area contributed by atoms with Crippen molar-refractivity contribution in [3.63, 3.8) is 0 Å². The third-order valence-electron chi connectivity index (χ3n) is 4.99. The molecule has 3 heterocycles. The summed E-state index contributed by atoms with van der Waals surface area (Å²) >= 11 is 0. The summed E-state index contributed by atoms with van der Waals surface area (Å²) in [6.45, 7) is 2.33. The van der Waals surface area contributed by atoms with Crippen molar-refractivity contribution in [2.24, 2.45) is 5.92 Å². The highest BCUT2D eigenvalue weighted by Gasteiger charge is 2.38. The van der Waals surface area contributed by atoms with E-state index in [-0.39, 0.29) is 30.1 Å². The highest BCUT2D eigenvalue weighted by Crippen LogP contribution is 2.30. The number of carbonyl (C=O) groups excluding carboxylic acids is 2. The number of furan rings is 1. The summed E-state index contributed by atoms with van der Waals surface area (Å²) in [6.07, 6.45) is 4.69. The SMILES string of the molecule is Cc1ccc(-c2nc(NC(=O)[C@@H]3CC(=O)N(C4CCCC4)C3)n[nH]2)o1. The number of hydrogen-bond acceptors (Lipinski definition) is 5. The van der Waals surface area contributed by atoms with Gasteiger partial charge in [-0.1, -0.05) is 12.8 Å². The lowest BCUT2D eigenvalue weighted by Gasteiger charge is -2.23. The molecule has 1 saturated heterocycles. The third kappa shape index (κ3) is 3.16. The number of aryl methyl sites for hydroxylation is 1. The third-order valence-corrected chi connectivity index (χ3v) is 4.99. The number of H-pyrrole nitrogens is 1. The lowest BCUT2D eigenvalue weighted by molar-refractivity contribution is -0.129. The first kappa shape index (κ1) is 15.9. The Kier molecular flexibility index (Phi) is 4.03. The van der Waals surface area contributed by atoms with E-state index in [4.69, 9.17) is 4.42 Å². The summed E-state index contributed by atoms with van der Waals surface area (Å²) in [5, 5.41) is 9.45. The molecule has 4 rings (SSSR count). The summed E-state index contributed by atoms with van der Waals surface area (Å²) < 4.78 is 5.47. The van der Waals surface area contributed by atoms with Gasteiger partial charge in [0, 0.05) is 19.0 Å². The Morgan fingerprint density at radius 1 is 1.36 bits per heavy atom. The van der Waals surface area contributed by atoms with Crippen molar-refractivity contribution >= 4 is 17.8 Å². The molecule has 2 fully saturated rings. The second-order valence-electron chi connectivity index (χ2n) is 6.79. The number of rotatable bonds is 4. The van der Waals surface area contributed by atoms with Crippen LogP contribution in [0, 0.1) is 12.8 Å². The molecule has 1 atom stereocenters. The number of nitrogens with one attached hydrogen (secondary N) is 2. The number of nitrogens with zero attached hydrogens (tertiary/aromatic N) is 3. The summed E-state index contributed by atoms with van der Waals surface area (Å²) in [7, 11) is 0. The maximum absolute atomic E-state index is 12.5. The van der Waals surface area contributed by atoms with E-state index in [2.05, 4.69) is 20.5 Å². The van der Waals surface area contributed by atoms with Crippen LogP contribution in [0.25, 0.3) is 11.6 Å². The minimum Gasteiger partial charge on any atom is -0.458 e. The van der Waals surface area contributed by atoms with Crippen LogP contribution in [0.1, 0.15) is 37.9 Å². The highest BCUT2D eigenvalue weighted by atomic mass is 16.3. The summed E-state index contributed by atoms with van der Waals surface area (Å²) in [5.74, 6) is 1.51. The van der Waals surface area contributed by atoms with Gasteiger partial charge in [-0.2, -0.15) is 4.98 Å². The normalized spacial score (nSPS) is 21.2. The van der Waals surface area contributed by atoms with Gasteiger partial charge >= 0.3 is 0 Å². The minimum absolute atomic E-state index is 0.0776. The van der Waals surface area contributed by atoms with Crippen LogP contribution in [0.15, 0.2) is 16.5 Å². The van der Waals surface area contributed by atoms with E-state index in [1.54, 1.807) is 6.07 Å². The van der Waals surface area contributed by atoms with Gasteiger partial charge in [-0.25, -0.2) is 0 Å². The van der Waals surface area contributed by atoms with Crippen molar-refractivity contribution in [1.29, 1.82) is 0 Å². The summed E-state index contributed by atoms with van der Waals surface area (Å²) in [4.78, 5) is 30.8. The van der Waals surface area contributed by atoms with Crippen molar-refractivity contribution in [1.82, 2.24) is 20.1 Å². The molecule has 132 valence electrons. The van der Waals surface area contributed by atoms with Crippen LogP contribution in [-0.2, 0) is 9.59 Å². The standard InChI is InChI=1S/C17H21N5O3/c1-10-6-7-13(25-10)15-18-17(21-20-15)19-16(24)11-8-14(23)22(9-11)12-4-2-3-5-12/h6-7,11-12H,2-5,8-9H2,1H3,(H2,18,19,20,21,24)/t11-/m1/s1. The van der Waals surface area contributed by atoms with E-state index >= 15 is 0 Å². The lowest BCUT2D eigenvalue weighted by atomic mass is 10.1. The van der Waals surface area contributed by atoms with Gasteiger partial charge in [0.2, 0.25) is 17.8 Å². The van der Waals surface area contributed by atoms with Crippen molar-refractivity contribution in [2.45, 2.75) is 45.1 Å². The van der Waals surface area contributed by atoms with E-state index < -0.39 is 0 Å². The fraction of sp³-hybridized carbons (Fsp3) is 0.529. The Hall–Kier alpha value is -2.64. The zero-order valence-corrected chi connectivity index (χ0v) is 14.1. The number of amides is 2. The van der Waals surface area contributed by atoms with Gasteiger partial charge in [-0.15, -0.1) is 5.10 Å². The molecular formula is C17H21N5O3. The van der Waals surface area contributed by atoms with Crippen LogP contribution < -0.4 is 5.32 Å². The maximum atomic E-state index is 12.5. The molecule has 1 aliphatic carbocycles. The van der Waals surface area contributed by atoms with E-state index in [1.165, 1.54) is 0 Å². The van der Waals surface area contributed by atoms with Gasteiger partial charge in [0.1, 0.15) is 5.76 Å². The zero-order valence-electron chi connectivity index (χ0n) is 14.1. The molecule has 0 spiro atoms. The molecule has 25 heavy (non-hydrogen) atoms. The van der Waals surface area contributed by atoms with E-state index in [0.29, 0.717) is 24.2 Å². The predicted octanol–water partition coefficient (Wildman–Crippen LogP) is 2.10. The first-order chi connectivity index (χ1) is 12.1. The number of likely N-dealkylation sites (tertiary alicyclic amines) is 1. The lowest BCUT2D eigenvalue weighted by Crippen LogP contribution is -2.35. The van der Waals surface area contributed by atoms with Crippen molar-refractivity contribution in [3.05, 3.63) is 17.9 Å². The van der Waals surface area contributed by atoms with Crippen LogP contribution in [-0.4, -0.2) is 44.5 Å². The first-order valence-electron chi connectivity index (χ1n) is 8.69. The fourth-order valence-electron chi connectivity index (χ4n) is 3.68. The van der Waals surface area contributed by atoms with Gasteiger partial charge in [0.25, 0.3) is 0 Å². The topological polar surface area (TPSA) is 104 Å². The first-order valence-corrected chi connectivity index (χ1v) is 8.69. The number of anilines is 1. The average Bonchev–Trinajstić information content (AvgIpc) is 3.32.